The largest absolute Gasteiger partial charge is 0.478 e. The van der Waals surface area contributed by atoms with Gasteiger partial charge in [-0.1, -0.05) is 0 Å². The Hall–Kier alpha value is -2.64. The van der Waals surface area contributed by atoms with Gasteiger partial charge in [-0.15, -0.1) is 0 Å². The average molecular weight is 396 g/mol. The molecule has 0 unspecified atom stereocenters. The van der Waals surface area contributed by atoms with Crippen molar-refractivity contribution in [2.75, 3.05) is 24.6 Å². The van der Waals surface area contributed by atoms with Crippen molar-refractivity contribution < 1.29 is 9.53 Å². The van der Waals surface area contributed by atoms with Gasteiger partial charge in [0.2, 0.25) is 5.88 Å². The quantitative estimate of drug-likeness (QED) is 0.855. The molecule has 8 heteroatoms. The summed E-state index contributed by atoms with van der Waals surface area (Å²) in [6.07, 6.45) is 7.34. The lowest BCUT2D eigenvalue weighted by Gasteiger charge is -2.35. The van der Waals surface area contributed by atoms with Gasteiger partial charge in [0.15, 0.2) is 5.69 Å². The predicted molar refractivity (Wildman–Crippen MR) is 108 cm³/mol. The van der Waals surface area contributed by atoms with E-state index in [-0.39, 0.29) is 11.9 Å². The minimum atomic E-state index is -0.107. The SMILES string of the molecule is Cc1nc2c(c(N3CCC(NC(=O)c4cc5n(n4)CCCO5)CC3)n1)CCCC2. The second-order valence-corrected chi connectivity index (χ2v) is 8.25. The van der Waals surface area contributed by atoms with Gasteiger partial charge in [0.05, 0.1) is 6.61 Å². The molecule has 1 aliphatic carbocycles. The van der Waals surface area contributed by atoms with Crippen molar-refractivity contribution in [3.8, 4) is 5.88 Å². The molecule has 8 nitrogen and oxygen atoms in total. The highest BCUT2D eigenvalue weighted by molar-refractivity contribution is 5.92. The van der Waals surface area contributed by atoms with Crippen LogP contribution in [0.4, 0.5) is 5.82 Å². The van der Waals surface area contributed by atoms with Crippen LogP contribution in [0.15, 0.2) is 6.07 Å². The number of ether oxygens (including phenoxy) is 1. The average Bonchev–Trinajstić information content (AvgIpc) is 3.18. The number of aromatic nitrogens is 4. The molecule has 1 fully saturated rings. The summed E-state index contributed by atoms with van der Waals surface area (Å²) in [5, 5.41) is 7.55. The molecule has 1 N–H and O–H groups in total. The van der Waals surface area contributed by atoms with Gasteiger partial charge >= 0.3 is 0 Å². The van der Waals surface area contributed by atoms with Crippen LogP contribution in [-0.2, 0) is 19.4 Å². The first-order valence-electron chi connectivity index (χ1n) is 10.8. The van der Waals surface area contributed by atoms with Crippen molar-refractivity contribution in [1.82, 2.24) is 25.1 Å². The maximum Gasteiger partial charge on any atom is 0.272 e. The van der Waals surface area contributed by atoms with Crippen LogP contribution in [0.1, 0.15) is 59.7 Å². The minimum absolute atomic E-state index is 0.107. The number of aryl methyl sites for hydroxylation is 3. The van der Waals surface area contributed by atoms with Gasteiger partial charge in [-0.05, 0) is 45.4 Å². The van der Waals surface area contributed by atoms with Gasteiger partial charge in [0.1, 0.15) is 11.6 Å². The van der Waals surface area contributed by atoms with Crippen LogP contribution in [0.3, 0.4) is 0 Å². The van der Waals surface area contributed by atoms with Crippen LogP contribution in [0.2, 0.25) is 0 Å². The monoisotopic (exact) mass is 396 g/mol. The van der Waals surface area contributed by atoms with Crippen LogP contribution < -0.4 is 15.0 Å². The molecule has 0 radical (unpaired) electrons. The maximum absolute atomic E-state index is 12.6. The molecule has 2 aliphatic heterocycles. The molecule has 1 saturated heterocycles. The smallest absolute Gasteiger partial charge is 0.272 e. The van der Waals surface area contributed by atoms with Crippen LogP contribution in [0, 0.1) is 6.92 Å². The van der Waals surface area contributed by atoms with Crippen molar-refractivity contribution in [2.45, 2.75) is 64.5 Å². The molecule has 29 heavy (non-hydrogen) atoms. The molecule has 2 aromatic rings. The van der Waals surface area contributed by atoms with Gasteiger partial charge < -0.3 is 15.0 Å². The maximum atomic E-state index is 12.6. The van der Waals surface area contributed by atoms with Crippen molar-refractivity contribution >= 4 is 11.7 Å². The van der Waals surface area contributed by atoms with E-state index in [2.05, 4.69) is 20.3 Å². The second kappa shape index (κ2) is 7.65. The van der Waals surface area contributed by atoms with Crippen molar-refractivity contribution in [3.63, 3.8) is 0 Å². The highest BCUT2D eigenvalue weighted by Crippen LogP contribution is 2.30. The number of nitrogens with one attached hydrogen (secondary N) is 1. The molecule has 0 spiro atoms. The van der Waals surface area contributed by atoms with Gasteiger partial charge in [-0.25, -0.2) is 14.6 Å². The number of nitrogens with zero attached hydrogens (tertiary/aromatic N) is 5. The van der Waals surface area contributed by atoms with Crippen molar-refractivity contribution in [3.05, 3.63) is 28.8 Å². The summed E-state index contributed by atoms with van der Waals surface area (Å²) in [6.45, 7) is 5.29. The Morgan fingerprint density at radius 3 is 2.79 bits per heavy atom. The third-order valence-electron chi connectivity index (χ3n) is 6.14. The number of anilines is 1. The Morgan fingerprint density at radius 2 is 1.97 bits per heavy atom. The van der Waals surface area contributed by atoms with E-state index in [9.17, 15) is 4.79 Å². The Labute approximate surface area is 170 Å². The number of hydrogen-bond acceptors (Lipinski definition) is 6. The first kappa shape index (κ1) is 18.4. The lowest BCUT2D eigenvalue weighted by Crippen LogP contribution is -2.45. The fourth-order valence-electron chi connectivity index (χ4n) is 4.63. The summed E-state index contributed by atoms with van der Waals surface area (Å²) in [5.41, 5.74) is 3.03. The fraction of sp³-hybridized carbons (Fsp3) is 0.619. The first-order chi connectivity index (χ1) is 14.2. The summed E-state index contributed by atoms with van der Waals surface area (Å²) < 4.78 is 7.34. The van der Waals surface area contributed by atoms with Crippen LogP contribution in [0.25, 0.3) is 0 Å². The number of rotatable bonds is 3. The summed E-state index contributed by atoms with van der Waals surface area (Å²) in [5.74, 6) is 2.57. The second-order valence-electron chi connectivity index (χ2n) is 8.25. The topological polar surface area (TPSA) is 85.2 Å². The molecule has 2 aromatic heterocycles. The highest BCUT2D eigenvalue weighted by Gasteiger charge is 2.27. The summed E-state index contributed by atoms with van der Waals surface area (Å²) >= 11 is 0. The molecule has 3 aliphatic rings. The lowest BCUT2D eigenvalue weighted by molar-refractivity contribution is 0.0925. The van der Waals surface area contributed by atoms with E-state index in [0.717, 1.165) is 63.4 Å². The molecular weight excluding hydrogens is 368 g/mol. The molecule has 0 aromatic carbocycles. The zero-order valence-electron chi connectivity index (χ0n) is 17.0. The zero-order valence-corrected chi connectivity index (χ0v) is 17.0. The van der Waals surface area contributed by atoms with E-state index in [1.165, 1.54) is 24.1 Å². The predicted octanol–water partition coefficient (Wildman–Crippen LogP) is 2.04. The third kappa shape index (κ3) is 3.68. The molecule has 154 valence electrons. The Balaban J connectivity index is 1.23. The van der Waals surface area contributed by atoms with Crippen molar-refractivity contribution in [2.24, 2.45) is 0 Å². The van der Waals surface area contributed by atoms with Crippen LogP contribution in [0.5, 0.6) is 5.88 Å². The minimum Gasteiger partial charge on any atom is -0.478 e. The van der Waals surface area contributed by atoms with E-state index in [1.807, 2.05) is 6.92 Å². The third-order valence-corrected chi connectivity index (χ3v) is 6.14. The standard InChI is InChI=1S/C21H28N6O2/c1-14-22-17-6-3-2-5-16(17)20(23-14)26-10-7-15(8-11-26)24-21(28)18-13-19-27(25-18)9-4-12-29-19/h13,15H,2-12H2,1H3,(H,24,28). The summed E-state index contributed by atoms with van der Waals surface area (Å²) in [4.78, 5) is 24.5. The molecule has 0 bridgehead atoms. The van der Waals surface area contributed by atoms with Gasteiger partial charge in [0, 0.05) is 49.4 Å². The normalized spacial score (nSPS) is 19.3. The van der Waals surface area contributed by atoms with Gasteiger partial charge in [-0.2, -0.15) is 5.10 Å². The Kier molecular flexibility index (Phi) is 4.85. The number of hydrogen-bond donors (Lipinski definition) is 1. The number of carbonyl (C=O) groups excluding carboxylic acids is 1. The van der Waals surface area contributed by atoms with E-state index in [1.54, 1.807) is 10.7 Å². The lowest BCUT2D eigenvalue weighted by atomic mass is 9.95. The van der Waals surface area contributed by atoms with E-state index in [0.29, 0.717) is 18.2 Å². The number of piperidine rings is 1. The number of amides is 1. The molecular formula is C21H28N6O2. The zero-order chi connectivity index (χ0) is 19.8. The van der Waals surface area contributed by atoms with Gasteiger partial charge in [-0.3, -0.25) is 4.79 Å². The van der Waals surface area contributed by atoms with E-state index in [4.69, 9.17) is 9.72 Å². The van der Waals surface area contributed by atoms with Crippen LogP contribution >= 0.6 is 0 Å². The first-order valence-corrected chi connectivity index (χ1v) is 10.8. The Morgan fingerprint density at radius 1 is 1.14 bits per heavy atom. The molecule has 0 saturated carbocycles. The number of carbonyl (C=O) groups is 1. The summed E-state index contributed by atoms with van der Waals surface area (Å²) in [6, 6.07) is 1.91. The fourth-order valence-corrected chi connectivity index (χ4v) is 4.63. The molecule has 1 amide bonds. The molecule has 4 heterocycles. The highest BCUT2D eigenvalue weighted by atomic mass is 16.5. The van der Waals surface area contributed by atoms with Crippen LogP contribution in [-0.4, -0.2) is 51.4 Å². The molecule has 0 atom stereocenters. The Bertz CT molecular complexity index is 893. The molecule has 5 rings (SSSR count). The number of fused-ring (bicyclic) bond motifs is 2. The van der Waals surface area contributed by atoms with Gasteiger partial charge in [0.25, 0.3) is 5.91 Å². The van der Waals surface area contributed by atoms with Crippen molar-refractivity contribution in [1.29, 1.82) is 0 Å². The van der Waals surface area contributed by atoms with E-state index >= 15 is 0 Å². The summed E-state index contributed by atoms with van der Waals surface area (Å²) in [7, 11) is 0. The van der Waals surface area contributed by atoms with E-state index < -0.39 is 0 Å².